The number of ether oxygens (including phenoxy) is 1. The van der Waals surface area contributed by atoms with Crippen molar-refractivity contribution in [2.75, 3.05) is 37.6 Å². The highest BCUT2D eigenvalue weighted by Gasteiger charge is 2.31. The van der Waals surface area contributed by atoms with Crippen LogP contribution in [0.1, 0.15) is 12.8 Å². The van der Waals surface area contributed by atoms with E-state index in [2.05, 4.69) is 15.0 Å². The van der Waals surface area contributed by atoms with Gasteiger partial charge in [0, 0.05) is 38.4 Å². The van der Waals surface area contributed by atoms with Crippen LogP contribution in [0.3, 0.4) is 0 Å². The van der Waals surface area contributed by atoms with Gasteiger partial charge >= 0.3 is 12.4 Å². The summed E-state index contributed by atoms with van der Waals surface area (Å²) >= 11 is 0. The standard InChI is InChI=1S/C16H20F3N3O2/c17-16(18,19)24-14-4-2-13(3-5-14)22-9-6-12(11-22)10-20-15(23)21-7-1-8-21/h2-5,12H,1,6-11H2,(H,20,23)/t12-/m0/s1. The number of hydrogen-bond donors (Lipinski definition) is 1. The summed E-state index contributed by atoms with van der Waals surface area (Å²) in [6.07, 6.45) is -2.66. The minimum atomic E-state index is -4.67. The lowest BCUT2D eigenvalue weighted by molar-refractivity contribution is -0.274. The summed E-state index contributed by atoms with van der Waals surface area (Å²) in [4.78, 5) is 15.7. The predicted molar refractivity (Wildman–Crippen MR) is 83.0 cm³/mol. The van der Waals surface area contributed by atoms with Gasteiger partial charge in [0.15, 0.2) is 0 Å². The maximum absolute atomic E-state index is 12.2. The van der Waals surface area contributed by atoms with Gasteiger partial charge in [-0.3, -0.25) is 0 Å². The number of amides is 2. The van der Waals surface area contributed by atoms with Gasteiger partial charge in [0.05, 0.1) is 0 Å². The third kappa shape index (κ3) is 4.24. The Morgan fingerprint density at radius 1 is 1.21 bits per heavy atom. The molecule has 0 bridgehead atoms. The van der Waals surface area contributed by atoms with Crippen LogP contribution in [-0.4, -0.2) is 50.0 Å². The van der Waals surface area contributed by atoms with Gasteiger partial charge in [0.2, 0.25) is 0 Å². The monoisotopic (exact) mass is 343 g/mol. The number of carbonyl (C=O) groups is 1. The molecule has 1 atom stereocenters. The molecule has 2 aliphatic rings. The number of hydrogen-bond acceptors (Lipinski definition) is 3. The Morgan fingerprint density at radius 3 is 2.50 bits per heavy atom. The molecule has 0 saturated carbocycles. The first-order valence-electron chi connectivity index (χ1n) is 8.04. The molecule has 3 rings (SSSR count). The number of nitrogens with one attached hydrogen (secondary N) is 1. The molecule has 0 aliphatic carbocycles. The van der Waals surface area contributed by atoms with E-state index in [0.29, 0.717) is 12.5 Å². The van der Waals surface area contributed by atoms with Crippen LogP contribution in [0.15, 0.2) is 24.3 Å². The largest absolute Gasteiger partial charge is 0.573 e. The van der Waals surface area contributed by atoms with Crippen LogP contribution in [0.4, 0.5) is 23.7 Å². The van der Waals surface area contributed by atoms with E-state index >= 15 is 0 Å². The lowest BCUT2D eigenvalue weighted by Gasteiger charge is -2.31. The smallest absolute Gasteiger partial charge is 0.406 e. The number of benzene rings is 1. The van der Waals surface area contributed by atoms with E-state index in [1.165, 1.54) is 12.1 Å². The Labute approximate surface area is 138 Å². The average molecular weight is 343 g/mol. The molecule has 1 aromatic carbocycles. The minimum absolute atomic E-state index is 0.00616. The summed E-state index contributed by atoms with van der Waals surface area (Å²) in [5, 5.41) is 2.95. The molecule has 5 nitrogen and oxygen atoms in total. The number of halogens is 3. The van der Waals surface area contributed by atoms with Crippen molar-refractivity contribution in [3.05, 3.63) is 24.3 Å². The van der Waals surface area contributed by atoms with E-state index < -0.39 is 6.36 Å². The number of carbonyl (C=O) groups excluding carboxylic acids is 1. The van der Waals surface area contributed by atoms with Crippen LogP contribution in [0.2, 0.25) is 0 Å². The van der Waals surface area contributed by atoms with Crippen LogP contribution in [0.25, 0.3) is 0 Å². The summed E-state index contributed by atoms with van der Waals surface area (Å²) < 4.78 is 40.4. The number of likely N-dealkylation sites (tertiary alicyclic amines) is 1. The second-order valence-corrected chi connectivity index (χ2v) is 6.17. The lowest BCUT2D eigenvalue weighted by Crippen LogP contribution is -2.48. The van der Waals surface area contributed by atoms with Crippen molar-refractivity contribution < 1.29 is 22.7 Å². The highest BCUT2D eigenvalue weighted by molar-refractivity contribution is 5.74. The number of nitrogens with zero attached hydrogens (tertiary/aromatic N) is 2. The SMILES string of the molecule is O=C(NC[C@@H]1CCN(c2ccc(OC(F)(F)F)cc2)C1)N1CCC1. The van der Waals surface area contributed by atoms with Crippen molar-refractivity contribution in [3.8, 4) is 5.75 Å². The van der Waals surface area contributed by atoms with Crippen LogP contribution < -0.4 is 15.0 Å². The molecule has 2 saturated heterocycles. The summed E-state index contributed by atoms with van der Waals surface area (Å²) in [6, 6.07) is 5.89. The molecule has 0 unspecified atom stereocenters. The second kappa shape index (κ2) is 6.78. The van der Waals surface area contributed by atoms with Crippen molar-refractivity contribution in [2.24, 2.45) is 5.92 Å². The number of urea groups is 1. The molecule has 0 radical (unpaired) electrons. The molecule has 2 amide bonds. The maximum atomic E-state index is 12.2. The summed E-state index contributed by atoms with van der Waals surface area (Å²) in [5.41, 5.74) is 0.862. The molecular formula is C16H20F3N3O2. The Bertz CT molecular complexity index is 573. The summed E-state index contributed by atoms with van der Waals surface area (Å²) in [7, 11) is 0. The van der Waals surface area contributed by atoms with Crippen LogP contribution in [0, 0.1) is 5.92 Å². The fraction of sp³-hybridized carbons (Fsp3) is 0.562. The van der Waals surface area contributed by atoms with E-state index in [1.807, 2.05) is 0 Å². The Balaban J connectivity index is 1.47. The molecule has 132 valence electrons. The Hall–Kier alpha value is -2.12. The van der Waals surface area contributed by atoms with Gasteiger partial charge in [0.1, 0.15) is 5.75 Å². The highest BCUT2D eigenvalue weighted by Crippen LogP contribution is 2.28. The average Bonchev–Trinajstić information content (AvgIpc) is 2.91. The Kier molecular flexibility index (Phi) is 4.73. The molecule has 0 aromatic heterocycles. The highest BCUT2D eigenvalue weighted by atomic mass is 19.4. The van der Waals surface area contributed by atoms with Crippen molar-refractivity contribution in [1.29, 1.82) is 0 Å². The molecule has 8 heteroatoms. The predicted octanol–water partition coefficient (Wildman–Crippen LogP) is 2.83. The van der Waals surface area contributed by atoms with Gasteiger partial charge in [-0.05, 0) is 43.0 Å². The van der Waals surface area contributed by atoms with Gasteiger partial charge in [-0.25, -0.2) is 4.79 Å². The zero-order valence-electron chi connectivity index (χ0n) is 13.2. The molecule has 2 fully saturated rings. The van der Waals surface area contributed by atoms with Gasteiger partial charge in [0.25, 0.3) is 0 Å². The number of anilines is 1. The molecule has 24 heavy (non-hydrogen) atoms. The van der Waals surface area contributed by atoms with E-state index in [1.54, 1.807) is 17.0 Å². The molecule has 1 aromatic rings. The van der Waals surface area contributed by atoms with Gasteiger partial charge in [-0.15, -0.1) is 13.2 Å². The quantitative estimate of drug-likeness (QED) is 0.914. The normalized spacial score (nSPS) is 20.7. The molecule has 1 N–H and O–H groups in total. The summed E-state index contributed by atoms with van der Waals surface area (Å²) in [5.74, 6) is 0.130. The number of alkyl halides is 3. The van der Waals surface area contributed by atoms with Crippen molar-refractivity contribution in [2.45, 2.75) is 19.2 Å². The van der Waals surface area contributed by atoms with E-state index in [-0.39, 0.29) is 11.8 Å². The molecule has 2 aliphatic heterocycles. The van der Waals surface area contributed by atoms with Crippen molar-refractivity contribution >= 4 is 11.7 Å². The zero-order valence-corrected chi connectivity index (χ0v) is 13.2. The van der Waals surface area contributed by atoms with Crippen molar-refractivity contribution in [3.63, 3.8) is 0 Å². The fourth-order valence-corrected chi connectivity index (χ4v) is 2.96. The maximum Gasteiger partial charge on any atom is 0.573 e. The third-order valence-corrected chi connectivity index (χ3v) is 4.41. The van der Waals surface area contributed by atoms with Crippen LogP contribution in [-0.2, 0) is 0 Å². The zero-order chi connectivity index (χ0) is 17.2. The first kappa shape index (κ1) is 16.7. The lowest BCUT2D eigenvalue weighted by atomic mass is 10.1. The summed E-state index contributed by atoms with van der Waals surface area (Å²) in [6.45, 7) is 3.88. The van der Waals surface area contributed by atoms with Crippen LogP contribution >= 0.6 is 0 Å². The first-order valence-corrected chi connectivity index (χ1v) is 8.04. The molecular weight excluding hydrogens is 323 g/mol. The Morgan fingerprint density at radius 2 is 1.92 bits per heavy atom. The van der Waals surface area contributed by atoms with Gasteiger partial charge in [-0.2, -0.15) is 0 Å². The van der Waals surface area contributed by atoms with E-state index in [9.17, 15) is 18.0 Å². The second-order valence-electron chi connectivity index (χ2n) is 6.17. The van der Waals surface area contributed by atoms with Crippen LogP contribution in [0.5, 0.6) is 5.75 Å². The minimum Gasteiger partial charge on any atom is -0.406 e. The van der Waals surface area contributed by atoms with Gasteiger partial charge in [-0.1, -0.05) is 0 Å². The molecule has 0 spiro atoms. The fourth-order valence-electron chi connectivity index (χ4n) is 2.96. The topological polar surface area (TPSA) is 44.8 Å². The first-order chi connectivity index (χ1) is 11.4. The van der Waals surface area contributed by atoms with E-state index in [4.69, 9.17) is 0 Å². The number of rotatable bonds is 4. The van der Waals surface area contributed by atoms with Crippen molar-refractivity contribution in [1.82, 2.24) is 10.2 Å². The molecule has 2 heterocycles. The third-order valence-electron chi connectivity index (χ3n) is 4.41. The van der Waals surface area contributed by atoms with Gasteiger partial charge < -0.3 is 19.9 Å². The van der Waals surface area contributed by atoms with E-state index in [0.717, 1.165) is 44.7 Å².